The van der Waals surface area contributed by atoms with Gasteiger partial charge in [0.05, 0.1) is 13.7 Å². The number of methoxy groups -OCH3 is 1. The number of benzene rings is 1. The fourth-order valence-electron chi connectivity index (χ4n) is 3.32. The van der Waals surface area contributed by atoms with Gasteiger partial charge in [0.25, 0.3) is 0 Å². The molecule has 2 aliphatic rings. The molecule has 2 aliphatic heterocycles. The summed E-state index contributed by atoms with van der Waals surface area (Å²) in [6.45, 7) is 6.49. The predicted molar refractivity (Wildman–Crippen MR) is 98.9 cm³/mol. The van der Waals surface area contributed by atoms with E-state index in [1.807, 2.05) is 38.1 Å². The van der Waals surface area contributed by atoms with Crippen LogP contribution in [0, 0.1) is 0 Å². The van der Waals surface area contributed by atoms with Crippen LogP contribution in [-0.4, -0.2) is 37.5 Å². The molecule has 3 rings (SSSR count). The highest BCUT2D eigenvalue weighted by molar-refractivity contribution is 5.26. The molecule has 0 amide bonds. The molecule has 26 heavy (non-hydrogen) atoms. The van der Waals surface area contributed by atoms with Gasteiger partial charge in [-0.3, -0.25) is 0 Å². The molecule has 5 nitrogen and oxygen atoms in total. The van der Waals surface area contributed by atoms with Gasteiger partial charge in [-0.05, 0) is 38.0 Å². The molecule has 144 valence electrons. The molecule has 0 aromatic heterocycles. The molecular weight excluding hydrogens is 332 g/mol. The van der Waals surface area contributed by atoms with Gasteiger partial charge in [-0.2, -0.15) is 0 Å². The van der Waals surface area contributed by atoms with Crippen LogP contribution in [0.5, 0.6) is 5.75 Å². The Labute approximate surface area is 156 Å². The van der Waals surface area contributed by atoms with Crippen LogP contribution < -0.4 is 4.74 Å². The molecule has 0 radical (unpaired) electrons. The standard InChI is InChI=1S/C21H30O5/c1-5-6-7-8-9-17-18(19-20(24-17)26-21(2,3)25-19)23-14-15-10-12-16(22-4)13-11-15/h8-13,17-20H,5-7,14H2,1-4H3/b9-8-/t17-,18+,19-,20-/m1/s1. The van der Waals surface area contributed by atoms with Crippen LogP contribution in [0.4, 0.5) is 0 Å². The highest BCUT2D eigenvalue weighted by atomic mass is 16.8. The Morgan fingerprint density at radius 3 is 2.62 bits per heavy atom. The summed E-state index contributed by atoms with van der Waals surface area (Å²) in [4.78, 5) is 0. The Balaban J connectivity index is 1.65. The molecule has 2 fully saturated rings. The van der Waals surface area contributed by atoms with Crippen LogP contribution in [0.25, 0.3) is 0 Å². The van der Waals surface area contributed by atoms with Gasteiger partial charge in [0, 0.05) is 0 Å². The minimum Gasteiger partial charge on any atom is -0.497 e. The van der Waals surface area contributed by atoms with Crippen LogP contribution in [0.1, 0.15) is 45.6 Å². The van der Waals surface area contributed by atoms with Gasteiger partial charge in [0.1, 0.15) is 24.1 Å². The van der Waals surface area contributed by atoms with E-state index < -0.39 is 5.79 Å². The summed E-state index contributed by atoms with van der Waals surface area (Å²) in [5.41, 5.74) is 1.08. The maximum absolute atomic E-state index is 6.22. The zero-order valence-corrected chi connectivity index (χ0v) is 16.1. The van der Waals surface area contributed by atoms with Gasteiger partial charge < -0.3 is 23.7 Å². The Morgan fingerprint density at radius 1 is 1.15 bits per heavy atom. The first-order valence-electron chi connectivity index (χ1n) is 9.44. The summed E-state index contributed by atoms with van der Waals surface area (Å²) in [6.07, 6.45) is 6.71. The predicted octanol–water partition coefficient (Wildman–Crippen LogP) is 4.20. The zero-order valence-electron chi connectivity index (χ0n) is 16.1. The van der Waals surface area contributed by atoms with Crippen LogP contribution in [0.3, 0.4) is 0 Å². The van der Waals surface area contributed by atoms with Crippen molar-refractivity contribution >= 4 is 0 Å². The molecule has 5 heteroatoms. The Hall–Kier alpha value is -1.40. The van der Waals surface area contributed by atoms with E-state index in [0.29, 0.717) is 6.61 Å². The molecule has 0 N–H and O–H groups in total. The molecular formula is C21H30O5. The van der Waals surface area contributed by atoms with Crippen molar-refractivity contribution in [3.63, 3.8) is 0 Å². The second-order valence-corrected chi connectivity index (χ2v) is 7.26. The van der Waals surface area contributed by atoms with Crippen LogP contribution >= 0.6 is 0 Å². The van der Waals surface area contributed by atoms with Gasteiger partial charge in [-0.1, -0.05) is 44.1 Å². The molecule has 1 aromatic rings. The fourth-order valence-corrected chi connectivity index (χ4v) is 3.32. The fraction of sp³-hybridized carbons (Fsp3) is 0.619. The number of hydrogen-bond acceptors (Lipinski definition) is 5. The van der Waals surface area contributed by atoms with Crippen LogP contribution in [-0.2, 0) is 25.6 Å². The van der Waals surface area contributed by atoms with Crippen LogP contribution in [0.2, 0.25) is 0 Å². The van der Waals surface area contributed by atoms with Crippen molar-refractivity contribution in [2.24, 2.45) is 0 Å². The van der Waals surface area contributed by atoms with E-state index in [9.17, 15) is 0 Å². The molecule has 2 heterocycles. The molecule has 0 saturated carbocycles. The third kappa shape index (κ3) is 4.65. The minimum atomic E-state index is -0.645. The lowest BCUT2D eigenvalue weighted by Gasteiger charge is -2.24. The lowest BCUT2D eigenvalue weighted by atomic mass is 10.1. The minimum absolute atomic E-state index is 0.156. The largest absolute Gasteiger partial charge is 0.497 e. The van der Waals surface area contributed by atoms with E-state index in [-0.39, 0.29) is 24.6 Å². The normalized spacial score (nSPS) is 30.0. The molecule has 4 atom stereocenters. The van der Waals surface area contributed by atoms with E-state index in [2.05, 4.69) is 19.1 Å². The lowest BCUT2D eigenvalue weighted by molar-refractivity contribution is -0.213. The highest BCUT2D eigenvalue weighted by Crippen LogP contribution is 2.39. The number of unbranched alkanes of at least 4 members (excludes halogenated alkanes) is 2. The van der Waals surface area contributed by atoms with Gasteiger partial charge >= 0.3 is 0 Å². The third-order valence-corrected chi connectivity index (χ3v) is 4.68. The SMILES string of the molecule is CCCC/C=C\[C@H]1O[C@@H]2OC(C)(C)O[C@@H]2[C@H]1OCc1ccc(OC)cc1. The third-order valence-electron chi connectivity index (χ3n) is 4.68. The Bertz CT molecular complexity index is 595. The van der Waals surface area contributed by atoms with Crippen molar-refractivity contribution in [3.8, 4) is 5.75 Å². The highest BCUT2D eigenvalue weighted by Gasteiger charge is 2.54. The number of rotatable bonds is 8. The average Bonchev–Trinajstić information content (AvgIpc) is 3.08. The topological polar surface area (TPSA) is 46.2 Å². The summed E-state index contributed by atoms with van der Waals surface area (Å²) < 4.78 is 29.4. The van der Waals surface area contributed by atoms with E-state index in [1.165, 1.54) is 12.8 Å². The van der Waals surface area contributed by atoms with E-state index in [4.69, 9.17) is 23.7 Å². The van der Waals surface area contributed by atoms with Crippen LogP contribution in [0.15, 0.2) is 36.4 Å². The zero-order chi connectivity index (χ0) is 18.6. The summed E-state index contributed by atoms with van der Waals surface area (Å²) in [5.74, 6) is 0.192. The van der Waals surface area contributed by atoms with Crippen molar-refractivity contribution in [1.82, 2.24) is 0 Å². The van der Waals surface area contributed by atoms with E-state index >= 15 is 0 Å². The molecule has 0 aliphatic carbocycles. The van der Waals surface area contributed by atoms with Gasteiger partial charge in [0.15, 0.2) is 12.1 Å². The van der Waals surface area contributed by atoms with Crippen molar-refractivity contribution < 1.29 is 23.7 Å². The number of ether oxygens (including phenoxy) is 5. The lowest BCUT2D eigenvalue weighted by Crippen LogP contribution is -2.36. The quantitative estimate of drug-likeness (QED) is 0.512. The molecule has 2 saturated heterocycles. The van der Waals surface area contributed by atoms with Gasteiger partial charge in [0.2, 0.25) is 0 Å². The maximum Gasteiger partial charge on any atom is 0.190 e. The first kappa shape index (κ1) is 19.4. The number of allylic oxidation sites excluding steroid dienone is 1. The van der Waals surface area contributed by atoms with Crippen molar-refractivity contribution in [2.45, 2.75) is 77.0 Å². The summed E-state index contributed by atoms with van der Waals surface area (Å²) in [7, 11) is 1.66. The van der Waals surface area contributed by atoms with Gasteiger partial charge in [-0.15, -0.1) is 0 Å². The number of fused-ring (bicyclic) bond motifs is 1. The van der Waals surface area contributed by atoms with E-state index in [1.54, 1.807) is 7.11 Å². The summed E-state index contributed by atoms with van der Waals surface area (Å²) in [5, 5.41) is 0. The molecule has 0 spiro atoms. The first-order valence-corrected chi connectivity index (χ1v) is 9.44. The molecule has 1 aromatic carbocycles. The van der Waals surface area contributed by atoms with Crippen molar-refractivity contribution in [1.29, 1.82) is 0 Å². The second-order valence-electron chi connectivity index (χ2n) is 7.26. The Morgan fingerprint density at radius 2 is 1.92 bits per heavy atom. The Kier molecular flexibility index (Phi) is 6.35. The van der Waals surface area contributed by atoms with Gasteiger partial charge in [-0.25, -0.2) is 0 Å². The molecule has 0 unspecified atom stereocenters. The van der Waals surface area contributed by atoms with Crippen molar-refractivity contribution in [3.05, 3.63) is 42.0 Å². The second kappa shape index (κ2) is 8.53. The summed E-state index contributed by atoms with van der Waals surface area (Å²) in [6, 6.07) is 7.89. The molecule has 0 bridgehead atoms. The first-order chi connectivity index (χ1) is 12.5. The average molecular weight is 362 g/mol. The monoisotopic (exact) mass is 362 g/mol. The smallest absolute Gasteiger partial charge is 0.190 e. The van der Waals surface area contributed by atoms with Crippen molar-refractivity contribution in [2.75, 3.05) is 7.11 Å². The maximum atomic E-state index is 6.22. The summed E-state index contributed by atoms with van der Waals surface area (Å²) >= 11 is 0. The van der Waals surface area contributed by atoms with E-state index in [0.717, 1.165) is 17.7 Å². The number of hydrogen-bond donors (Lipinski definition) is 0.